The summed E-state index contributed by atoms with van der Waals surface area (Å²) in [6.45, 7) is 7.27. The van der Waals surface area contributed by atoms with Crippen LogP contribution in [0.5, 0.6) is 0 Å². The fraction of sp³-hybridized carbons (Fsp3) is 0.720. The molecule has 172 valence electrons. The zero-order valence-corrected chi connectivity index (χ0v) is 19.6. The standard InChI is InChI=1S/C25H41N5O/c1-19-15-24(27-26-19)25(31)30(12-6-11-28(2)3)18-20-9-13-29(14-10-20)23-16-21-7-4-5-8-22(21)17-23/h4-5,7-8,19-20,23-24,26-27H,6,9-18H2,1-3H3. The lowest BCUT2D eigenvalue weighted by Gasteiger charge is -2.38. The quantitative estimate of drug-likeness (QED) is 0.664. The van der Waals surface area contributed by atoms with Crippen molar-refractivity contribution in [3.05, 3.63) is 35.4 Å². The van der Waals surface area contributed by atoms with Crippen LogP contribution in [0.1, 0.15) is 43.7 Å². The Morgan fingerprint density at radius 3 is 2.32 bits per heavy atom. The van der Waals surface area contributed by atoms with Crippen LogP contribution in [-0.4, -0.2) is 85.6 Å². The van der Waals surface area contributed by atoms with Crippen molar-refractivity contribution in [1.29, 1.82) is 0 Å². The van der Waals surface area contributed by atoms with Gasteiger partial charge in [0, 0.05) is 25.2 Å². The second kappa shape index (κ2) is 10.4. The van der Waals surface area contributed by atoms with Gasteiger partial charge in [-0.1, -0.05) is 24.3 Å². The molecule has 2 fully saturated rings. The molecule has 2 unspecified atom stereocenters. The first kappa shape index (κ1) is 22.7. The average Bonchev–Trinajstić information content (AvgIpc) is 3.39. The summed E-state index contributed by atoms with van der Waals surface area (Å²) >= 11 is 0. The van der Waals surface area contributed by atoms with E-state index in [1.807, 2.05) is 0 Å². The summed E-state index contributed by atoms with van der Waals surface area (Å²) in [7, 11) is 4.21. The molecule has 0 radical (unpaired) electrons. The number of nitrogens with zero attached hydrogens (tertiary/aromatic N) is 3. The Hall–Kier alpha value is -1.47. The number of hydrogen-bond donors (Lipinski definition) is 2. The first-order chi connectivity index (χ1) is 15.0. The lowest BCUT2D eigenvalue weighted by Crippen LogP contribution is -2.49. The van der Waals surface area contributed by atoms with Gasteiger partial charge in [-0.05, 0) is 96.2 Å². The largest absolute Gasteiger partial charge is 0.341 e. The van der Waals surface area contributed by atoms with Crippen molar-refractivity contribution in [2.45, 2.75) is 63.6 Å². The van der Waals surface area contributed by atoms with E-state index in [1.54, 1.807) is 11.1 Å². The molecule has 0 saturated carbocycles. The molecule has 6 heteroatoms. The monoisotopic (exact) mass is 427 g/mol. The van der Waals surface area contributed by atoms with Crippen molar-refractivity contribution in [2.24, 2.45) is 5.92 Å². The molecular formula is C25H41N5O. The number of nitrogens with one attached hydrogen (secondary N) is 2. The molecule has 3 aliphatic rings. The highest BCUT2D eigenvalue weighted by Gasteiger charge is 2.33. The number of rotatable bonds is 8. The molecule has 0 aromatic heterocycles. The minimum Gasteiger partial charge on any atom is -0.341 e. The minimum atomic E-state index is -0.0774. The molecule has 4 rings (SSSR count). The molecule has 2 saturated heterocycles. The van der Waals surface area contributed by atoms with Crippen molar-refractivity contribution < 1.29 is 4.79 Å². The van der Waals surface area contributed by atoms with E-state index >= 15 is 0 Å². The second-order valence-corrected chi connectivity index (χ2v) is 10.2. The maximum absolute atomic E-state index is 13.2. The Kier molecular flexibility index (Phi) is 7.64. The summed E-state index contributed by atoms with van der Waals surface area (Å²) in [6.07, 6.45) is 6.73. The molecule has 2 aliphatic heterocycles. The third-order valence-corrected chi connectivity index (χ3v) is 7.41. The van der Waals surface area contributed by atoms with Gasteiger partial charge >= 0.3 is 0 Å². The summed E-state index contributed by atoms with van der Waals surface area (Å²) in [5.41, 5.74) is 9.51. The topological polar surface area (TPSA) is 50.9 Å². The van der Waals surface area contributed by atoms with Crippen molar-refractivity contribution in [3.8, 4) is 0 Å². The van der Waals surface area contributed by atoms with Crippen LogP contribution in [0, 0.1) is 5.92 Å². The molecule has 1 aromatic rings. The zero-order chi connectivity index (χ0) is 21.8. The molecule has 2 atom stereocenters. The van der Waals surface area contributed by atoms with Gasteiger partial charge in [-0.15, -0.1) is 0 Å². The van der Waals surface area contributed by atoms with Crippen molar-refractivity contribution in [1.82, 2.24) is 25.6 Å². The number of amides is 1. The SMILES string of the molecule is CC1CC(C(=O)N(CCCN(C)C)CC2CCN(C3Cc4ccccc4C3)CC2)NN1. The van der Waals surface area contributed by atoms with Crippen molar-refractivity contribution in [2.75, 3.05) is 46.8 Å². The Balaban J connectivity index is 1.29. The summed E-state index contributed by atoms with van der Waals surface area (Å²) in [5.74, 6) is 0.902. The molecule has 31 heavy (non-hydrogen) atoms. The predicted molar refractivity (Wildman–Crippen MR) is 126 cm³/mol. The molecule has 2 heterocycles. The molecule has 6 nitrogen and oxygen atoms in total. The van der Waals surface area contributed by atoms with Gasteiger partial charge in [-0.25, -0.2) is 5.43 Å². The van der Waals surface area contributed by atoms with Crippen LogP contribution in [0.15, 0.2) is 24.3 Å². The van der Waals surface area contributed by atoms with Crippen LogP contribution >= 0.6 is 0 Å². The number of carbonyl (C=O) groups excluding carboxylic acids is 1. The van der Waals surface area contributed by atoms with Crippen LogP contribution < -0.4 is 10.9 Å². The first-order valence-corrected chi connectivity index (χ1v) is 12.2. The number of hydrazine groups is 1. The Morgan fingerprint density at radius 2 is 1.74 bits per heavy atom. The average molecular weight is 428 g/mol. The van der Waals surface area contributed by atoms with Gasteiger partial charge in [0.1, 0.15) is 6.04 Å². The Labute approximate surface area is 188 Å². The van der Waals surface area contributed by atoms with Gasteiger partial charge in [-0.3, -0.25) is 15.1 Å². The third kappa shape index (κ3) is 5.86. The molecule has 1 aromatic carbocycles. The van der Waals surface area contributed by atoms with Gasteiger partial charge in [0.05, 0.1) is 0 Å². The highest BCUT2D eigenvalue weighted by molar-refractivity contribution is 5.82. The highest BCUT2D eigenvalue weighted by Crippen LogP contribution is 2.29. The lowest BCUT2D eigenvalue weighted by molar-refractivity contribution is -0.134. The molecular weight excluding hydrogens is 386 g/mol. The fourth-order valence-corrected chi connectivity index (χ4v) is 5.57. The van der Waals surface area contributed by atoms with E-state index < -0.39 is 0 Å². The van der Waals surface area contributed by atoms with Crippen molar-refractivity contribution >= 4 is 5.91 Å². The second-order valence-electron chi connectivity index (χ2n) is 10.2. The van der Waals surface area contributed by atoms with E-state index in [-0.39, 0.29) is 11.9 Å². The first-order valence-electron chi connectivity index (χ1n) is 12.2. The van der Waals surface area contributed by atoms with Crippen LogP contribution in [0.2, 0.25) is 0 Å². The smallest absolute Gasteiger partial charge is 0.241 e. The highest BCUT2D eigenvalue weighted by atomic mass is 16.2. The van der Waals surface area contributed by atoms with Gasteiger partial charge in [0.15, 0.2) is 0 Å². The molecule has 0 spiro atoms. The van der Waals surface area contributed by atoms with Crippen LogP contribution in [-0.2, 0) is 17.6 Å². The number of likely N-dealkylation sites (tertiary alicyclic amines) is 1. The normalized spacial score (nSPS) is 25.3. The summed E-state index contributed by atoms with van der Waals surface area (Å²) < 4.78 is 0. The predicted octanol–water partition coefficient (Wildman–Crippen LogP) is 1.90. The number of benzene rings is 1. The number of hydrogen-bond acceptors (Lipinski definition) is 5. The number of piperidine rings is 1. The molecule has 1 amide bonds. The van der Waals surface area contributed by atoms with Crippen LogP contribution in [0.4, 0.5) is 0 Å². The minimum absolute atomic E-state index is 0.0774. The van der Waals surface area contributed by atoms with E-state index in [0.717, 1.165) is 32.5 Å². The number of carbonyl (C=O) groups is 1. The maximum atomic E-state index is 13.2. The maximum Gasteiger partial charge on any atom is 0.241 e. The van der Waals surface area contributed by atoms with Crippen molar-refractivity contribution in [3.63, 3.8) is 0 Å². The van der Waals surface area contributed by atoms with E-state index in [0.29, 0.717) is 18.0 Å². The summed E-state index contributed by atoms with van der Waals surface area (Å²) in [5, 5.41) is 0. The zero-order valence-electron chi connectivity index (χ0n) is 19.6. The Morgan fingerprint density at radius 1 is 1.06 bits per heavy atom. The van der Waals surface area contributed by atoms with E-state index in [1.165, 1.54) is 38.8 Å². The molecule has 1 aliphatic carbocycles. The lowest BCUT2D eigenvalue weighted by atomic mass is 9.94. The fourth-order valence-electron chi connectivity index (χ4n) is 5.57. The van der Waals surface area contributed by atoms with E-state index in [9.17, 15) is 4.79 Å². The van der Waals surface area contributed by atoms with E-state index in [2.05, 4.69) is 70.8 Å². The van der Waals surface area contributed by atoms with E-state index in [4.69, 9.17) is 0 Å². The Bertz CT molecular complexity index is 705. The van der Waals surface area contributed by atoms with Crippen LogP contribution in [0.25, 0.3) is 0 Å². The number of fused-ring (bicyclic) bond motifs is 1. The van der Waals surface area contributed by atoms with Gasteiger partial charge in [0.25, 0.3) is 0 Å². The van der Waals surface area contributed by atoms with Crippen LogP contribution in [0.3, 0.4) is 0 Å². The summed E-state index contributed by atoms with van der Waals surface area (Å²) in [6, 6.07) is 9.89. The molecule has 2 N–H and O–H groups in total. The van der Waals surface area contributed by atoms with Gasteiger partial charge in [0.2, 0.25) is 5.91 Å². The molecule has 0 bridgehead atoms. The summed E-state index contributed by atoms with van der Waals surface area (Å²) in [4.78, 5) is 20.3. The van der Waals surface area contributed by atoms with Gasteiger partial charge < -0.3 is 9.80 Å². The van der Waals surface area contributed by atoms with Gasteiger partial charge in [-0.2, -0.15) is 0 Å². The third-order valence-electron chi connectivity index (χ3n) is 7.41.